The number of carbonyl (C=O) groups is 2. The Morgan fingerprint density at radius 2 is 0.667 bits per heavy atom. The maximum atomic E-state index is 13.3. The van der Waals surface area contributed by atoms with Crippen molar-refractivity contribution in [3.63, 3.8) is 0 Å². The predicted molar refractivity (Wildman–Crippen MR) is 274 cm³/mol. The van der Waals surface area contributed by atoms with Gasteiger partial charge in [0.15, 0.2) is 0 Å². The molecule has 3 atom stereocenters. The van der Waals surface area contributed by atoms with E-state index in [4.69, 9.17) is 4.74 Å². The van der Waals surface area contributed by atoms with Crippen molar-refractivity contribution < 1.29 is 24.5 Å². The molecule has 0 saturated heterocycles. The number of unbranched alkanes of at least 4 members (excludes halogenated alkanes) is 41. The van der Waals surface area contributed by atoms with Crippen molar-refractivity contribution in [2.24, 2.45) is 0 Å². The summed E-state index contributed by atoms with van der Waals surface area (Å²) in [5, 5.41) is 23.9. The summed E-state index contributed by atoms with van der Waals surface area (Å²) in [7, 11) is 0. The first-order valence-corrected chi connectivity index (χ1v) is 28.8. The van der Waals surface area contributed by atoms with Crippen LogP contribution in [0.3, 0.4) is 0 Å². The van der Waals surface area contributed by atoms with Crippen molar-refractivity contribution in [1.82, 2.24) is 5.32 Å². The van der Waals surface area contributed by atoms with Gasteiger partial charge in [0, 0.05) is 6.42 Å². The highest BCUT2D eigenvalue weighted by Gasteiger charge is 2.24. The molecule has 0 radical (unpaired) electrons. The molecule has 0 heterocycles. The Balaban J connectivity index is 4.48. The highest BCUT2D eigenvalue weighted by Crippen LogP contribution is 2.19. The number of hydrogen-bond donors (Lipinski definition) is 3. The van der Waals surface area contributed by atoms with Crippen LogP contribution >= 0.6 is 0 Å². The highest BCUT2D eigenvalue weighted by molar-refractivity contribution is 5.77. The van der Waals surface area contributed by atoms with Gasteiger partial charge in [-0.15, -0.1) is 0 Å². The van der Waals surface area contributed by atoms with Crippen LogP contribution in [-0.2, 0) is 14.3 Å². The Kier molecular flexibility index (Phi) is 50.9. The number of carbonyl (C=O) groups excluding carboxylic acids is 2. The fourth-order valence-corrected chi connectivity index (χ4v) is 9.32. The molecular formula is C57H113NO5. The number of amides is 1. The van der Waals surface area contributed by atoms with Crippen molar-refractivity contribution in [3.05, 3.63) is 0 Å². The summed E-state index contributed by atoms with van der Waals surface area (Å²) < 4.78 is 5.96. The third kappa shape index (κ3) is 47.2. The van der Waals surface area contributed by atoms with Gasteiger partial charge in [-0.05, 0) is 25.7 Å². The second kappa shape index (κ2) is 51.8. The molecule has 0 aromatic heterocycles. The lowest BCUT2D eigenvalue weighted by atomic mass is 10.0. The van der Waals surface area contributed by atoms with E-state index in [1.807, 2.05) is 0 Å². The van der Waals surface area contributed by atoms with Crippen LogP contribution in [0.25, 0.3) is 0 Å². The molecule has 0 aromatic rings. The topological polar surface area (TPSA) is 95.9 Å². The average Bonchev–Trinajstić information content (AvgIpc) is 3.28. The molecule has 3 unspecified atom stereocenters. The van der Waals surface area contributed by atoms with E-state index in [1.54, 1.807) is 0 Å². The van der Waals surface area contributed by atoms with Gasteiger partial charge in [-0.3, -0.25) is 9.59 Å². The number of aliphatic hydroxyl groups is 2. The smallest absolute Gasteiger partial charge is 0.306 e. The molecular weight excluding hydrogens is 779 g/mol. The van der Waals surface area contributed by atoms with Gasteiger partial charge in [-0.2, -0.15) is 0 Å². The Labute approximate surface area is 394 Å². The molecule has 0 aromatic carbocycles. The minimum atomic E-state index is -0.780. The number of ether oxygens (including phenoxy) is 1. The standard InChI is InChI=1S/C57H113NO5/c1-4-7-10-13-16-19-22-25-27-29-31-33-36-39-42-45-48-53(63-57(62)50-47-44-41-38-35-30-24-21-18-15-12-9-6-3)51-56(61)58-54(52-59)55(60)49-46-43-40-37-34-32-28-26-23-20-17-14-11-8-5-2/h53-55,59-60H,4-52H2,1-3H3,(H,58,61). The van der Waals surface area contributed by atoms with Crippen LogP contribution in [0.15, 0.2) is 0 Å². The molecule has 0 aliphatic heterocycles. The maximum absolute atomic E-state index is 13.3. The molecule has 376 valence electrons. The largest absolute Gasteiger partial charge is 0.462 e. The summed E-state index contributed by atoms with van der Waals surface area (Å²) in [6, 6.07) is -0.693. The van der Waals surface area contributed by atoms with Gasteiger partial charge in [0.25, 0.3) is 0 Å². The van der Waals surface area contributed by atoms with Gasteiger partial charge in [0.2, 0.25) is 5.91 Å². The van der Waals surface area contributed by atoms with Gasteiger partial charge >= 0.3 is 5.97 Å². The highest BCUT2D eigenvalue weighted by atomic mass is 16.5. The molecule has 6 heteroatoms. The molecule has 3 N–H and O–H groups in total. The van der Waals surface area contributed by atoms with Gasteiger partial charge < -0.3 is 20.3 Å². The normalized spacial score (nSPS) is 13.0. The third-order valence-corrected chi connectivity index (χ3v) is 13.7. The number of aliphatic hydroxyl groups excluding tert-OH is 2. The molecule has 63 heavy (non-hydrogen) atoms. The molecule has 6 nitrogen and oxygen atoms in total. The fraction of sp³-hybridized carbons (Fsp3) is 0.965. The van der Waals surface area contributed by atoms with Crippen molar-refractivity contribution in [3.8, 4) is 0 Å². The number of nitrogens with one attached hydrogen (secondary N) is 1. The first-order chi connectivity index (χ1) is 31.0. The van der Waals surface area contributed by atoms with E-state index >= 15 is 0 Å². The van der Waals surface area contributed by atoms with Crippen molar-refractivity contribution >= 4 is 11.9 Å². The molecule has 0 rings (SSSR count). The molecule has 1 amide bonds. The summed E-state index contributed by atoms with van der Waals surface area (Å²) in [4.78, 5) is 26.2. The van der Waals surface area contributed by atoms with E-state index in [0.29, 0.717) is 19.3 Å². The zero-order chi connectivity index (χ0) is 45.9. The van der Waals surface area contributed by atoms with E-state index in [9.17, 15) is 19.8 Å². The summed E-state index contributed by atoms with van der Waals surface area (Å²) in [6.45, 7) is 6.53. The van der Waals surface area contributed by atoms with Crippen molar-refractivity contribution in [1.29, 1.82) is 0 Å². The van der Waals surface area contributed by atoms with Crippen LogP contribution in [0.1, 0.15) is 329 Å². The second-order valence-corrected chi connectivity index (χ2v) is 20.1. The Bertz CT molecular complexity index is 913. The quantitative estimate of drug-likeness (QED) is 0.0418. The fourth-order valence-electron chi connectivity index (χ4n) is 9.32. The first-order valence-electron chi connectivity index (χ1n) is 28.8. The van der Waals surface area contributed by atoms with E-state index in [2.05, 4.69) is 26.1 Å². The molecule has 0 aliphatic carbocycles. The Morgan fingerprint density at radius 3 is 0.968 bits per heavy atom. The lowest BCUT2D eigenvalue weighted by Crippen LogP contribution is -2.46. The summed E-state index contributed by atoms with van der Waals surface area (Å²) >= 11 is 0. The van der Waals surface area contributed by atoms with E-state index < -0.39 is 18.2 Å². The summed E-state index contributed by atoms with van der Waals surface area (Å²) in [5.41, 5.74) is 0. The first kappa shape index (κ1) is 61.9. The maximum Gasteiger partial charge on any atom is 0.306 e. The number of hydrogen-bond acceptors (Lipinski definition) is 5. The van der Waals surface area contributed by atoms with Crippen molar-refractivity contribution in [2.45, 2.75) is 347 Å². The van der Waals surface area contributed by atoms with Crippen molar-refractivity contribution in [2.75, 3.05) is 6.61 Å². The molecule has 0 spiro atoms. The molecule has 0 aliphatic rings. The van der Waals surface area contributed by atoms with Gasteiger partial charge in [0.1, 0.15) is 6.10 Å². The predicted octanol–water partition coefficient (Wildman–Crippen LogP) is 17.5. The zero-order valence-corrected chi connectivity index (χ0v) is 43.0. The third-order valence-electron chi connectivity index (χ3n) is 13.7. The van der Waals surface area contributed by atoms with Crippen LogP contribution in [0.2, 0.25) is 0 Å². The van der Waals surface area contributed by atoms with E-state index in [1.165, 1.54) is 244 Å². The SMILES string of the molecule is CCCCCCCCCCCCCCCCCCC(CC(=O)NC(CO)C(O)CCCCCCCCCCCCCCCCC)OC(=O)CCCCCCCCCCCCCCC. The lowest BCUT2D eigenvalue weighted by Gasteiger charge is -2.24. The average molecular weight is 893 g/mol. The van der Waals surface area contributed by atoms with Gasteiger partial charge in [-0.25, -0.2) is 0 Å². The lowest BCUT2D eigenvalue weighted by molar-refractivity contribution is -0.151. The van der Waals surface area contributed by atoms with Crippen LogP contribution < -0.4 is 5.32 Å². The number of rotatable bonds is 53. The van der Waals surface area contributed by atoms with E-state index in [0.717, 1.165) is 38.5 Å². The molecule has 0 fully saturated rings. The van der Waals surface area contributed by atoms with Crippen LogP contribution in [0, 0.1) is 0 Å². The summed E-state index contributed by atoms with van der Waals surface area (Å²) in [5.74, 6) is -0.445. The molecule has 0 bridgehead atoms. The number of esters is 1. The molecule has 0 saturated carbocycles. The second-order valence-electron chi connectivity index (χ2n) is 20.1. The minimum absolute atomic E-state index is 0.0886. The van der Waals surface area contributed by atoms with Crippen LogP contribution in [0.5, 0.6) is 0 Å². The monoisotopic (exact) mass is 892 g/mol. The van der Waals surface area contributed by atoms with Crippen LogP contribution in [0.4, 0.5) is 0 Å². The Hall–Kier alpha value is -1.14. The minimum Gasteiger partial charge on any atom is -0.462 e. The van der Waals surface area contributed by atoms with E-state index in [-0.39, 0.29) is 24.9 Å². The van der Waals surface area contributed by atoms with Crippen LogP contribution in [-0.4, -0.2) is 46.9 Å². The van der Waals surface area contributed by atoms with Gasteiger partial charge in [0.05, 0.1) is 25.2 Å². The zero-order valence-electron chi connectivity index (χ0n) is 43.0. The Morgan fingerprint density at radius 1 is 0.397 bits per heavy atom. The van der Waals surface area contributed by atoms with Gasteiger partial charge in [-0.1, -0.05) is 290 Å². The summed E-state index contributed by atoms with van der Waals surface area (Å²) in [6.07, 6.45) is 57.4.